The zero-order valence-electron chi connectivity index (χ0n) is 20.3. The molecule has 0 saturated carbocycles. The van der Waals surface area contributed by atoms with Gasteiger partial charge in [0.15, 0.2) is 6.61 Å². The summed E-state index contributed by atoms with van der Waals surface area (Å²) in [6.07, 6.45) is -8.76. The van der Waals surface area contributed by atoms with E-state index in [2.05, 4.69) is 4.74 Å². The van der Waals surface area contributed by atoms with Gasteiger partial charge in [-0.15, -0.1) is 0 Å². The Hall–Kier alpha value is -1.80. The summed E-state index contributed by atoms with van der Waals surface area (Å²) in [7, 11) is 0. The van der Waals surface area contributed by atoms with Gasteiger partial charge in [0.05, 0.1) is 5.92 Å². The van der Waals surface area contributed by atoms with Crippen LogP contribution in [0, 0.1) is 5.92 Å². The molecule has 21 heteroatoms. The van der Waals surface area contributed by atoms with E-state index in [1.807, 2.05) is 0 Å². The molecule has 0 bridgehead atoms. The number of esters is 1. The van der Waals surface area contributed by atoms with Gasteiger partial charge in [-0.1, -0.05) is 0 Å². The van der Waals surface area contributed by atoms with Crippen molar-refractivity contribution in [3.8, 4) is 0 Å². The highest BCUT2D eigenvalue weighted by Crippen LogP contribution is 2.64. The molecular formula is C19H20F17NO3. The van der Waals surface area contributed by atoms with Crippen molar-refractivity contribution in [1.29, 1.82) is 0 Å². The zero-order valence-corrected chi connectivity index (χ0v) is 20.3. The standard InChI is InChI=1S/C19H20F17NO3/c1-10(2)5-8(6-11(3,4)37(10)39)9(38)40-7-12(20,21)13(22,23)14(24,25)15(26,27)16(28,29)17(30,31)18(32,33)19(34,35)36/h8,39H,5-7H2,1-4H3. The fourth-order valence-electron chi connectivity index (χ4n) is 4.00. The summed E-state index contributed by atoms with van der Waals surface area (Å²) in [6.45, 7) is 1.87. The Labute approximate surface area is 213 Å². The fourth-order valence-corrected chi connectivity index (χ4v) is 4.00. The van der Waals surface area contributed by atoms with E-state index in [1.54, 1.807) is 0 Å². The molecule has 1 fully saturated rings. The smallest absolute Gasteiger partial charge is 0.459 e. The Balaban J connectivity index is 3.36. The van der Waals surface area contributed by atoms with Crippen LogP contribution >= 0.6 is 0 Å². The van der Waals surface area contributed by atoms with Crippen LogP contribution in [0.3, 0.4) is 0 Å². The molecule has 40 heavy (non-hydrogen) atoms. The minimum absolute atomic E-state index is 0.462. The molecule has 1 saturated heterocycles. The van der Waals surface area contributed by atoms with E-state index in [9.17, 15) is 84.6 Å². The van der Waals surface area contributed by atoms with E-state index < -0.39 is 90.0 Å². The number of nitrogens with zero attached hydrogens (tertiary/aromatic N) is 1. The van der Waals surface area contributed by atoms with Gasteiger partial charge in [0.1, 0.15) is 0 Å². The van der Waals surface area contributed by atoms with Gasteiger partial charge in [-0.3, -0.25) is 4.79 Å². The summed E-state index contributed by atoms with van der Waals surface area (Å²) in [6, 6.07) is 0. The number of piperidine rings is 1. The maximum atomic E-state index is 14.0. The Bertz CT molecular complexity index is 940. The molecule has 0 spiro atoms. The topological polar surface area (TPSA) is 49.8 Å². The lowest BCUT2D eigenvalue weighted by molar-refractivity contribution is -0.462. The molecule has 0 aromatic heterocycles. The molecule has 1 aliphatic heterocycles. The van der Waals surface area contributed by atoms with Gasteiger partial charge in [-0.05, 0) is 40.5 Å². The van der Waals surface area contributed by atoms with Gasteiger partial charge in [0.25, 0.3) is 0 Å². The highest BCUT2D eigenvalue weighted by molar-refractivity contribution is 5.73. The van der Waals surface area contributed by atoms with Gasteiger partial charge >= 0.3 is 53.6 Å². The summed E-state index contributed by atoms with van der Waals surface area (Å²) in [5.74, 6) is -60.9. The molecule has 0 aliphatic carbocycles. The second-order valence-electron chi connectivity index (χ2n) is 10.3. The average molecular weight is 633 g/mol. The summed E-state index contributed by atoms with van der Waals surface area (Å²) in [5.41, 5.74) is -2.66. The summed E-state index contributed by atoms with van der Waals surface area (Å²) < 4.78 is 230. The number of halogens is 17. The van der Waals surface area contributed by atoms with Crippen molar-refractivity contribution in [3.63, 3.8) is 0 Å². The largest absolute Gasteiger partial charge is 0.460 e. The second kappa shape index (κ2) is 9.62. The molecule has 238 valence electrons. The first kappa shape index (κ1) is 36.2. The molecule has 1 N–H and O–H groups in total. The summed E-state index contributed by atoms with van der Waals surface area (Å²) in [5, 5.41) is 10.8. The van der Waals surface area contributed by atoms with Crippen molar-refractivity contribution in [3.05, 3.63) is 0 Å². The van der Waals surface area contributed by atoms with Crippen LogP contribution in [-0.4, -0.2) is 81.6 Å². The third-order valence-corrected chi connectivity index (χ3v) is 6.15. The van der Waals surface area contributed by atoms with Gasteiger partial charge in [-0.25, -0.2) is 0 Å². The third-order valence-electron chi connectivity index (χ3n) is 6.15. The lowest BCUT2D eigenvalue weighted by atomic mass is 9.75. The molecule has 0 atom stereocenters. The van der Waals surface area contributed by atoms with E-state index in [0.717, 1.165) is 0 Å². The SMILES string of the molecule is CC1(C)CC(C(=O)OCC(F)(F)C(F)(F)C(F)(F)C(F)(F)C(F)(F)C(F)(F)C(F)(F)C(F)(F)F)CC(C)(C)N1O. The first-order valence-corrected chi connectivity index (χ1v) is 10.5. The van der Waals surface area contributed by atoms with Crippen LogP contribution in [0.15, 0.2) is 0 Å². The summed E-state index contributed by atoms with van der Waals surface area (Å²) in [4.78, 5) is 12.2. The van der Waals surface area contributed by atoms with Gasteiger partial charge in [-0.2, -0.15) is 79.7 Å². The zero-order chi connectivity index (χ0) is 32.6. The van der Waals surface area contributed by atoms with Gasteiger partial charge < -0.3 is 9.94 Å². The second-order valence-corrected chi connectivity index (χ2v) is 10.3. The van der Waals surface area contributed by atoms with Crippen molar-refractivity contribution in [2.24, 2.45) is 5.92 Å². The van der Waals surface area contributed by atoms with Gasteiger partial charge in [0, 0.05) is 11.1 Å². The Morgan fingerprint density at radius 2 is 0.950 bits per heavy atom. The van der Waals surface area contributed by atoms with Crippen molar-refractivity contribution in [1.82, 2.24) is 5.06 Å². The molecule has 4 nitrogen and oxygen atoms in total. The van der Waals surface area contributed by atoms with Crippen molar-refractivity contribution >= 4 is 5.97 Å². The van der Waals surface area contributed by atoms with E-state index in [-0.39, 0.29) is 0 Å². The number of hydrogen-bond donors (Lipinski definition) is 1. The monoisotopic (exact) mass is 633 g/mol. The third kappa shape index (κ3) is 5.16. The van der Waals surface area contributed by atoms with E-state index in [4.69, 9.17) is 0 Å². The molecular weight excluding hydrogens is 613 g/mol. The minimum atomic E-state index is -8.73. The van der Waals surface area contributed by atoms with Crippen LogP contribution in [0.1, 0.15) is 40.5 Å². The van der Waals surface area contributed by atoms with Crippen molar-refractivity contribution in [2.45, 2.75) is 99.2 Å². The molecule has 1 aliphatic rings. The molecule has 0 amide bonds. The number of ether oxygens (including phenoxy) is 1. The Morgan fingerprint density at radius 3 is 1.27 bits per heavy atom. The minimum Gasteiger partial charge on any atom is -0.459 e. The molecule has 1 heterocycles. The van der Waals surface area contributed by atoms with Crippen LogP contribution in [0.5, 0.6) is 0 Å². The van der Waals surface area contributed by atoms with Crippen LogP contribution in [-0.2, 0) is 9.53 Å². The van der Waals surface area contributed by atoms with Crippen LogP contribution < -0.4 is 0 Å². The molecule has 0 aromatic rings. The lowest BCUT2D eigenvalue weighted by Gasteiger charge is -2.50. The quantitative estimate of drug-likeness (QED) is 0.216. The summed E-state index contributed by atoms with van der Waals surface area (Å²) >= 11 is 0. The maximum absolute atomic E-state index is 14.0. The number of rotatable bonds is 9. The number of alkyl halides is 17. The number of carbonyl (C=O) groups excluding carboxylic acids is 1. The van der Waals surface area contributed by atoms with Crippen LogP contribution in [0.4, 0.5) is 74.6 Å². The number of hydroxylamine groups is 2. The average Bonchev–Trinajstić information content (AvgIpc) is 2.73. The van der Waals surface area contributed by atoms with E-state index in [1.165, 1.54) is 27.7 Å². The Kier molecular flexibility index (Phi) is 8.71. The highest BCUT2D eigenvalue weighted by Gasteiger charge is 2.95. The molecule has 0 unspecified atom stereocenters. The van der Waals surface area contributed by atoms with Crippen LogP contribution in [0.25, 0.3) is 0 Å². The maximum Gasteiger partial charge on any atom is 0.460 e. The van der Waals surface area contributed by atoms with Crippen molar-refractivity contribution in [2.75, 3.05) is 6.61 Å². The van der Waals surface area contributed by atoms with Gasteiger partial charge in [0.2, 0.25) is 0 Å². The first-order chi connectivity index (χ1) is 17.1. The first-order valence-electron chi connectivity index (χ1n) is 10.5. The molecule has 1 rings (SSSR count). The fraction of sp³-hybridized carbons (Fsp3) is 0.947. The highest BCUT2D eigenvalue weighted by atomic mass is 19.4. The molecule has 0 aromatic carbocycles. The van der Waals surface area contributed by atoms with Crippen molar-refractivity contribution < 1.29 is 89.4 Å². The molecule has 0 radical (unpaired) electrons. The number of hydrogen-bond acceptors (Lipinski definition) is 4. The predicted octanol–water partition coefficient (Wildman–Crippen LogP) is 7.20. The predicted molar refractivity (Wildman–Crippen MR) is 96.2 cm³/mol. The Morgan fingerprint density at radius 1 is 0.650 bits per heavy atom. The number of carbonyl (C=O) groups is 1. The lowest BCUT2D eigenvalue weighted by Crippen LogP contribution is -2.74. The van der Waals surface area contributed by atoms with E-state index in [0.29, 0.717) is 5.06 Å². The van der Waals surface area contributed by atoms with Crippen LogP contribution in [0.2, 0.25) is 0 Å². The normalized spacial score (nSPS) is 20.9. The van der Waals surface area contributed by atoms with E-state index >= 15 is 0 Å².